The van der Waals surface area contributed by atoms with E-state index in [2.05, 4.69) is 20.3 Å². The number of nitrogens with one attached hydrogen (secondary N) is 1. The number of carbonyl (C=O) groups is 1. The van der Waals surface area contributed by atoms with Crippen LogP contribution in [0.1, 0.15) is 25.6 Å². The molecule has 1 aliphatic rings. The van der Waals surface area contributed by atoms with E-state index < -0.39 is 5.60 Å². The smallest absolute Gasteiger partial charge is 0.225 e. The van der Waals surface area contributed by atoms with Crippen molar-refractivity contribution < 1.29 is 9.90 Å². The van der Waals surface area contributed by atoms with Crippen molar-refractivity contribution in [2.24, 2.45) is 0 Å². The molecule has 0 aromatic carbocycles. The molecule has 0 bridgehead atoms. The van der Waals surface area contributed by atoms with Crippen LogP contribution >= 0.6 is 0 Å². The Balaban J connectivity index is 1.45. The van der Waals surface area contributed by atoms with Gasteiger partial charge in [0.2, 0.25) is 11.9 Å². The summed E-state index contributed by atoms with van der Waals surface area (Å²) in [6.45, 7) is 3.96. The normalized spacial score (nSPS) is 20.0. The van der Waals surface area contributed by atoms with E-state index in [0.717, 1.165) is 12.2 Å². The molecule has 8 heteroatoms. The summed E-state index contributed by atoms with van der Waals surface area (Å²) in [5.74, 6) is 1.51. The maximum atomic E-state index is 12.1. The standard InChI is InChI=1S/C17H24N6O2/c1-2-14-18-8-11-22(14)9-4-15(24)21-12-17(25)5-10-23(13-17)16-19-6-3-7-20-16/h3,6-8,11,25H,2,4-5,9-10,12-13H2,1H3,(H,21,24)/t17-/m0/s1. The predicted octanol–water partition coefficient (Wildman–Crippen LogP) is 0.383. The highest BCUT2D eigenvalue weighted by molar-refractivity contribution is 5.75. The lowest BCUT2D eigenvalue weighted by molar-refractivity contribution is -0.122. The maximum Gasteiger partial charge on any atom is 0.225 e. The van der Waals surface area contributed by atoms with Crippen LogP contribution in [0.25, 0.3) is 0 Å². The number of hydrogen-bond donors (Lipinski definition) is 2. The van der Waals surface area contributed by atoms with Crippen LogP contribution in [0.15, 0.2) is 30.9 Å². The largest absolute Gasteiger partial charge is 0.386 e. The van der Waals surface area contributed by atoms with E-state index in [1.807, 2.05) is 22.6 Å². The predicted molar refractivity (Wildman–Crippen MR) is 93.0 cm³/mol. The van der Waals surface area contributed by atoms with Crippen LogP contribution in [0.2, 0.25) is 0 Å². The molecule has 0 unspecified atom stereocenters. The van der Waals surface area contributed by atoms with E-state index in [1.165, 1.54) is 0 Å². The molecule has 1 amide bonds. The van der Waals surface area contributed by atoms with Gasteiger partial charge in [-0.15, -0.1) is 0 Å². The molecular formula is C17H24N6O2. The number of aliphatic hydroxyl groups is 1. The number of β-amino-alcohol motifs (C(OH)–C–C–N with tert-alkyl or cyclic N) is 1. The summed E-state index contributed by atoms with van der Waals surface area (Å²) < 4.78 is 1.98. The summed E-state index contributed by atoms with van der Waals surface area (Å²) in [5, 5.41) is 13.5. The lowest BCUT2D eigenvalue weighted by atomic mass is 10.0. The van der Waals surface area contributed by atoms with E-state index in [9.17, 15) is 9.90 Å². The Morgan fingerprint density at radius 2 is 2.12 bits per heavy atom. The Morgan fingerprint density at radius 3 is 2.88 bits per heavy atom. The average Bonchev–Trinajstić information content (AvgIpc) is 3.26. The molecule has 25 heavy (non-hydrogen) atoms. The zero-order valence-corrected chi connectivity index (χ0v) is 14.4. The number of anilines is 1. The molecule has 1 fully saturated rings. The van der Waals surface area contributed by atoms with Gasteiger partial charge in [-0.2, -0.15) is 0 Å². The quantitative estimate of drug-likeness (QED) is 0.754. The average molecular weight is 344 g/mol. The molecular weight excluding hydrogens is 320 g/mol. The van der Waals surface area contributed by atoms with Gasteiger partial charge in [-0.1, -0.05) is 6.92 Å². The first-order valence-corrected chi connectivity index (χ1v) is 8.61. The van der Waals surface area contributed by atoms with Crippen molar-refractivity contribution in [3.63, 3.8) is 0 Å². The fourth-order valence-corrected chi connectivity index (χ4v) is 3.06. The maximum absolute atomic E-state index is 12.1. The molecule has 2 N–H and O–H groups in total. The summed E-state index contributed by atoms with van der Waals surface area (Å²) in [6.07, 6.45) is 8.78. The van der Waals surface area contributed by atoms with Gasteiger partial charge in [0.05, 0.1) is 6.54 Å². The summed E-state index contributed by atoms with van der Waals surface area (Å²) in [6, 6.07) is 1.76. The van der Waals surface area contributed by atoms with E-state index in [4.69, 9.17) is 0 Å². The molecule has 1 atom stereocenters. The van der Waals surface area contributed by atoms with Crippen molar-refractivity contribution in [1.82, 2.24) is 24.8 Å². The van der Waals surface area contributed by atoms with Crippen LogP contribution in [0, 0.1) is 0 Å². The minimum atomic E-state index is -0.946. The first-order valence-electron chi connectivity index (χ1n) is 8.61. The van der Waals surface area contributed by atoms with Gasteiger partial charge in [0.15, 0.2) is 0 Å². The van der Waals surface area contributed by atoms with Crippen molar-refractivity contribution in [1.29, 1.82) is 0 Å². The van der Waals surface area contributed by atoms with Gasteiger partial charge in [0.1, 0.15) is 11.4 Å². The second kappa shape index (κ2) is 7.60. The molecule has 0 radical (unpaired) electrons. The summed E-state index contributed by atoms with van der Waals surface area (Å²) in [4.78, 5) is 26.7. The molecule has 2 aromatic heterocycles. The Bertz CT molecular complexity index is 704. The summed E-state index contributed by atoms with van der Waals surface area (Å²) >= 11 is 0. The highest BCUT2D eigenvalue weighted by Crippen LogP contribution is 2.23. The minimum Gasteiger partial charge on any atom is -0.386 e. The van der Waals surface area contributed by atoms with Crippen LogP contribution in [0.3, 0.4) is 0 Å². The fraction of sp³-hybridized carbons (Fsp3) is 0.529. The van der Waals surface area contributed by atoms with Crippen LogP contribution in [0.5, 0.6) is 0 Å². The van der Waals surface area contributed by atoms with E-state index in [-0.39, 0.29) is 12.5 Å². The topological polar surface area (TPSA) is 96.2 Å². The number of aryl methyl sites for hydroxylation is 2. The second-order valence-electron chi connectivity index (χ2n) is 6.36. The Morgan fingerprint density at radius 1 is 1.32 bits per heavy atom. The summed E-state index contributed by atoms with van der Waals surface area (Å²) in [7, 11) is 0. The Labute approximate surface area is 146 Å². The third-order valence-corrected chi connectivity index (χ3v) is 4.48. The third-order valence-electron chi connectivity index (χ3n) is 4.48. The van der Waals surface area contributed by atoms with Crippen molar-refractivity contribution >= 4 is 11.9 Å². The molecule has 3 heterocycles. The van der Waals surface area contributed by atoms with E-state index in [0.29, 0.717) is 38.4 Å². The number of carbonyl (C=O) groups excluding carboxylic acids is 1. The van der Waals surface area contributed by atoms with Gasteiger partial charge >= 0.3 is 0 Å². The zero-order chi connectivity index (χ0) is 17.7. The van der Waals surface area contributed by atoms with Crippen LogP contribution in [-0.4, -0.2) is 55.8 Å². The number of rotatable bonds is 7. The van der Waals surface area contributed by atoms with E-state index in [1.54, 1.807) is 24.7 Å². The molecule has 1 aliphatic heterocycles. The van der Waals surface area contributed by atoms with Gasteiger partial charge in [-0.05, 0) is 12.5 Å². The van der Waals surface area contributed by atoms with Gasteiger partial charge < -0.3 is 19.9 Å². The van der Waals surface area contributed by atoms with Crippen molar-refractivity contribution in [2.75, 3.05) is 24.5 Å². The molecule has 2 aromatic rings. The van der Waals surface area contributed by atoms with Gasteiger partial charge in [0.25, 0.3) is 0 Å². The number of aromatic nitrogens is 4. The van der Waals surface area contributed by atoms with Crippen LogP contribution in [-0.2, 0) is 17.8 Å². The number of imidazole rings is 1. The molecule has 3 rings (SSSR count). The number of amides is 1. The van der Waals surface area contributed by atoms with Crippen molar-refractivity contribution in [3.8, 4) is 0 Å². The SMILES string of the molecule is CCc1nccn1CCC(=O)NC[C@@]1(O)CCN(c2ncccn2)C1. The monoisotopic (exact) mass is 344 g/mol. The molecule has 134 valence electrons. The molecule has 0 spiro atoms. The van der Waals surface area contributed by atoms with E-state index >= 15 is 0 Å². The zero-order valence-electron chi connectivity index (χ0n) is 14.4. The third kappa shape index (κ3) is 4.33. The highest BCUT2D eigenvalue weighted by atomic mass is 16.3. The van der Waals surface area contributed by atoms with Gasteiger partial charge in [-0.25, -0.2) is 15.0 Å². The van der Waals surface area contributed by atoms with Crippen LogP contribution in [0.4, 0.5) is 5.95 Å². The van der Waals surface area contributed by atoms with Gasteiger partial charge in [0, 0.05) is 57.3 Å². The lowest BCUT2D eigenvalue weighted by Crippen LogP contribution is -2.45. The van der Waals surface area contributed by atoms with Crippen LogP contribution < -0.4 is 10.2 Å². The highest BCUT2D eigenvalue weighted by Gasteiger charge is 2.37. The van der Waals surface area contributed by atoms with Crippen molar-refractivity contribution in [2.45, 2.75) is 38.3 Å². The minimum absolute atomic E-state index is 0.0708. The Hall–Kier alpha value is -2.48. The Kier molecular flexibility index (Phi) is 5.28. The number of hydrogen-bond acceptors (Lipinski definition) is 6. The molecule has 1 saturated heterocycles. The first kappa shape index (κ1) is 17.3. The summed E-state index contributed by atoms with van der Waals surface area (Å²) in [5.41, 5.74) is -0.946. The lowest BCUT2D eigenvalue weighted by Gasteiger charge is -2.23. The molecule has 0 aliphatic carbocycles. The molecule has 0 saturated carbocycles. The van der Waals surface area contributed by atoms with Crippen molar-refractivity contribution in [3.05, 3.63) is 36.7 Å². The number of nitrogens with zero attached hydrogens (tertiary/aromatic N) is 5. The second-order valence-corrected chi connectivity index (χ2v) is 6.36. The molecule has 8 nitrogen and oxygen atoms in total. The fourth-order valence-electron chi connectivity index (χ4n) is 3.06. The van der Waals surface area contributed by atoms with Gasteiger partial charge in [-0.3, -0.25) is 4.79 Å². The first-order chi connectivity index (χ1) is 12.1.